The molecule has 1 saturated heterocycles. The van der Waals surface area contributed by atoms with E-state index in [-0.39, 0.29) is 18.4 Å². The lowest BCUT2D eigenvalue weighted by Gasteiger charge is -2.41. The Morgan fingerprint density at radius 1 is 1.30 bits per heavy atom. The van der Waals surface area contributed by atoms with E-state index >= 15 is 0 Å². The maximum Gasteiger partial charge on any atom is 0.258 e. The van der Waals surface area contributed by atoms with Gasteiger partial charge in [-0.15, -0.1) is 0 Å². The molecule has 33 heavy (non-hydrogen) atoms. The second kappa shape index (κ2) is 6.85. The van der Waals surface area contributed by atoms with Crippen molar-refractivity contribution >= 4 is 11.7 Å². The molecule has 1 spiro atoms. The fourth-order valence-electron chi connectivity index (χ4n) is 5.11. The van der Waals surface area contributed by atoms with Gasteiger partial charge in [0.25, 0.3) is 11.8 Å². The first kappa shape index (κ1) is 20.3. The first-order valence-corrected chi connectivity index (χ1v) is 11.2. The number of aromatic amines is 1. The number of carbonyl (C=O) groups excluding carboxylic acids is 1. The molecule has 0 bridgehead atoms. The SMILES string of the molecule is Cc1nc(N2CC3(C2)CC3(F)F)ccc1Cn1cc(C(=O)N[C@@H]2CCc3c2n[nH]c3C)cn1. The number of aryl methyl sites for hydroxylation is 2. The highest BCUT2D eigenvalue weighted by Crippen LogP contribution is 2.65. The smallest absolute Gasteiger partial charge is 0.258 e. The molecule has 8 nitrogen and oxygen atoms in total. The highest BCUT2D eigenvalue weighted by atomic mass is 19.3. The molecule has 2 N–H and O–H groups in total. The minimum atomic E-state index is -2.51. The number of rotatable bonds is 5. The van der Waals surface area contributed by atoms with Crippen molar-refractivity contribution in [2.75, 3.05) is 18.0 Å². The zero-order chi connectivity index (χ0) is 23.0. The van der Waals surface area contributed by atoms with E-state index in [4.69, 9.17) is 0 Å². The molecule has 1 atom stereocenters. The van der Waals surface area contributed by atoms with Crippen molar-refractivity contribution in [1.29, 1.82) is 0 Å². The average molecular weight is 453 g/mol. The number of hydrogen-bond acceptors (Lipinski definition) is 5. The first-order chi connectivity index (χ1) is 15.7. The van der Waals surface area contributed by atoms with Crippen LogP contribution < -0.4 is 10.2 Å². The molecule has 0 unspecified atom stereocenters. The van der Waals surface area contributed by atoms with Gasteiger partial charge in [0.1, 0.15) is 5.82 Å². The summed E-state index contributed by atoms with van der Waals surface area (Å²) in [7, 11) is 0. The van der Waals surface area contributed by atoms with E-state index in [0.29, 0.717) is 25.2 Å². The van der Waals surface area contributed by atoms with Crippen LogP contribution in [-0.2, 0) is 13.0 Å². The zero-order valence-electron chi connectivity index (χ0n) is 18.5. The Bertz CT molecular complexity index is 1260. The predicted molar refractivity (Wildman–Crippen MR) is 116 cm³/mol. The van der Waals surface area contributed by atoms with Crippen LogP contribution in [-0.4, -0.2) is 49.9 Å². The minimum absolute atomic E-state index is 0.00791. The van der Waals surface area contributed by atoms with Crippen LogP contribution in [0.4, 0.5) is 14.6 Å². The van der Waals surface area contributed by atoms with Crippen LogP contribution in [0.3, 0.4) is 0 Å². The third-order valence-electron chi connectivity index (χ3n) is 7.36. The third-order valence-corrected chi connectivity index (χ3v) is 7.36. The fourth-order valence-corrected chi connectivity index (χ4v) is 5.11. The molecule has 2 aliphatic carbocycles. The number of amides is 1. The Kier molecular flexibility index (Phi) is 4.22. The summed E-state index contributed by atoms with van der Waals surface area (Å²) in [6, 6.07) is 3.74. The van der Waals surface area contributed by atoms with Crippen LogP contribution in [0.5, 0.6) is 0 Å². The number of pyridine rings is 1. The van der Waals surface area contributed by atoms with Crippen molar-refractivity contribution in [3.8, 4) is 0 Å². The van der Waals surface area contributed by atoms with Crippen LogP contribution in [0.2, 0.25) is 0 Å². The lowest BCUT2D eigenvalue weighted by atomic mass is 9.96. The number of anilines is 1. The summed E-state index contributed by atoms with van der Waals surface area (Å²) in [5, 5.41) is 14.7. The van der Waals surface area contributed by atoms with Crippen LogP contribution in [0.25, 0.3) is 0 Å². The largest absolute Gasteiger partial charge is 0.355 e. The third kappa shape index (κ3) is 3.22. The van der Waals surface area contributed by atoms with E-state index in [9.17, 15) is 13.6 Å². The van der Waals surface area contributed by atoms with Gasteiger partial charge in [-0.05, 0) is 43.9 Å². The highest BCUT2D eigenvalue weighted by Gasteiger charge is 2.76. The fraction of sp³-hybridized carbons (Fsp3) is 0.478. The minimum Gasteiger partial charge on any atom is -0.355 e. The van der Waals surface area contributed by atoms with E-state index in [1.807, 2.05) is 30.9 Å². The molecule has 1 saturated carbocycles. The van der Waals surface area contributed by atoms with Crippen LogP contribution in [0.15, 0.2) is 24.5 Å². The number of nitrogens with one attached hydrogen (secondary N) is 2. The van der Waals surface area contributed by atoms with Crippen LogP contribution in [0, 0.1) is 19.3 Å². The highest BCUT2D eigenvalue weighted by molar-refractivity contribution is 5.94. The Morgan fingerprint density at radius 2 is 2.09 bits per heavy atom. The second-order valence-electron chi connectivity index (χ2n) is 9.64. The van der Waals surface area contributed by atoms with Gasteiger partial charge in [0.15, 0.2) is 0 Å². The number of aromatic nitrogens is 5. The monoisotopic (exact) mass is 453 g/mol. The number of alkyl halides is 2. The summed E-state index contributed by atoms with van der Waals surface area (Å²) in [6.45, 7) is 5.10. The van der Waals surface area contributed by atoms with Gasteiger partial charge in [-0.3, -0.25) is 14.6 Å². The van der Waals surface area contributed by atoms with Gasteiger partial charge < -0.3 is 10.2 Å². The summed E-state index contributed by atoms with van der Waals surface area (Å²) in [5.41, 5.74) is 4.65. The number of fused-ring (bicyclic) bond motifs is 1. The van der Waals surface area contributed by atoms with Crippen LogP contribution in [0.1, 0.15) is 57.5 Å². The Labute approximate surface area is 189 Å². The van der Waals surface area contributed by atoms with Gasteiger partial charge in [0.2, 0.25) is 0 Å². The maximum atomic E-state index is 13.5. The van der Waals surface area contributed by atoms with E-state index in [1.54, 1.807) is 17.1 Å². The van der Waals surface area contributed by atoms with Gasteiger partial charge in [0, 0.05) is 37.1 Å². The molecule has 10 heteroatoms. The maximum absolute atomic E-state index is 13.5. The van der Waals surface area contributed by atoms with Crippen molar-refractivity contribution < 1.29 is 13.6 Å². The molecular formula is C23H25F2N7O. The average Bonchev–Trinajstić information content (AvgIpc) is 3.18. The van der Waals surface area contributed by atoms with Crippen molar-refractivity contribution in [3.05, 3.63) is 58.3 Å². The molecule has 0 radical (unpaired) electrons. The van der Waals surface area contributed by atoms with Gasteiger partial charge >= 0.3 is 0 Å². The Balaban J connectivity index is 1.09. The summed E-state index contributed by atoms with van der Waals surface area (Å²) in [4.78, 5) is 19.3. The molecule has 4 heterocycles. The molecule has 6 rings (SSSR count). The van der Waals surface area contributed by atoms with Gasteiger partial charge in [0.05, 0.1) is 35.5 Å². The standard InChI is InChI=1S/C23H25F2N7O/c1-13-15(3-6-19(27-13)31-11-22(12-31)10-23(22,24)25)8-32-9-16(7-26-32)21(33)28-18-5-4-17-14(2)29-30-20(17)18/h3,6-7,9,18H,4-5,8,10-12H2,1-2H3,(H,28,33)(H,29,30)/t18-/m1/s1. The number of hydrogen-bond donors (Lipinski definition) is 2. The predicted octanol–water partition coefficient (Wildman–Crippen LogP) is 2.93. The van der Waals surface area contributed by atoms with Crippen molar-refractivity contribution in [2.24, 2.45) is 5.41 Å². The Hall–Kier alpha value is -3.30. The summed E-state index contributed by atoms with van der Waals surface area (Å²) < 4.78 is 28.6. The number of nitrogens with zero attached hydrogens (tertiary/aromatic N) is 5. The van der Waals surface area contributed by atoms with E-state index in [0.717, 1.165) is 41.3 Å². The summed E-state index contributed by atoms with van der Waals surface area (Å²) in [5.74, 6) is -1.96. The number of halogens is 2. The van der Waals surface area contributed by atoms with Crippen molar-refractivity contribution in [2.45, 2.75) is 51.6 Å². The van der Waals surface area contributed by atoms with Gasteiger partial charge in [-0.25, -0.2) is 13.8 Å². The molecule has 3 aliphatic rings. The molecule has 0 aromatic carbocycles. The first-order valence-electron chi connectivity index (χ1n) is 11.2. The number of H-pyrrole nitrogens is 1. The quantitative estimate of drug-likeness (QED) is 0.620. The van der Waals surface area contributed by atoms with Crippen LogP contribution >= 0.6 is 0 Å². The molecule has 3 aromatic rings. The number of carbonyl (C=O) groups is 1. The van der Waals surface area contributed by atoms with E-state index in [1.165, 1.54) is 5.56 Å². The topological polar surface area (TPSA) is 91.7 Å². The molecule has 3 aromatic heterocycles. The lowest BCUT2D eigenvalue weighted by Crippen LogP contribution is -2.51. The molecule has 2 fully saturated rings. The lowest BCUT2D eigenvalue weighted by molar-refractivity contribution is 0.0518. The van der Waals surface area contributed by atoms with E-state index < -0.39 is 11.3 Å². The van der Waals surface area contributed by atoms with E-state index in [2.05, 4.69) is 25.6 Å². The van der Waals surface area contributed by atoms with Crippen molar-refractivity contribution in [3.63, 3.8) is 0 Å². The molecule has 172 valence electrons. The summed E-state index contributed by atoms with van der Waals surface area (Å²) >= 11 is 0. The summed E-state index contributed by atoms with van der Waals surface area (Å²) in [6.07, 6.45) is 5.03. The molecule has 1 aliphatic heterocycles. The molecular weight excluding hydrogens is 428 g/mol. The van der Waals surface area contributed by atoms with Gasteiger partial charge in [-0.2, -0.15) is 10.2 Å². The second-order valence-corrected chi connectivity index (χ2v) is 9.64. The molecule has 1 amide bonds. The Morgan fingerprint density at radius 3 is 2.82 bits per heavy atom. The van der Waals surface area contributed by atoms with Gasteiger partial charge in [-0.1, -0.05) is 6.07 Å². The van der Waals surface area contributed by atoms with Crippen molar-refractivity contribution in [1.82, 2.24) is 30.3 Å². The normalized spacial score (nSPS) is 21.7. The zero-order valence-corrected chi connectivity index (χ0v) is 18.5.